The van der Waals surface area contributed by atoms with Crippen molar-refractivity contribution in [1.82, 2.24) is 0 Å². The molecule has 0 spiro atoms. The Bertz CT molecular complexity index is 348. The van der Waals surface area contributed by atoms with Gasteiger partial charge in [0.25, 0.3) is 0 Å². The van der Waals surface area contributed by atoms with Gasteiger partial charge in [-0.3, -0.25) is 0 Å². The molecule has 1 aliphatic carbocycles. The van der Waals surface area contributed by atoms with Crippen molar-refractivity contribution in [2.75, 3.05) is 7.11 Å². The molecule has 1 aliphatic rings. The summed E-state index contributed by atoms with van der Waals surface area (Å²) in [7, 11) is 1.74. The Morgan fingerprint density at radius 1 is 1.11 bits per heavy atom. The number of hydrogen-bond acceptors (Lipinski definition) is 1. The highest BCUT2D eigenvalue weighted by Gasteiger charge is 2.24. The summed E-state index contributed by atoms with van der Waals surface area (Å²) in [6.07, 6.45) is 11.2. The number of ether oxygens (including phenoxy) is 1. The summed E-state index contributed by atoms with van der Waals surface area (Å²) in [6.45, 7) is 2.30. The first-order chi connectivity index (χ1) is 9.35. The maximum atomic E-state index is 5.28. The van der Waals surface area contributed by atoms with Crippen LogP contribution in [0.15, 0.2) is 24.3 Å². The van der Waals surface area contributed by atoms with E-state index in [2.05, 4.69) is 31.2 Å². The van der Waals surface area contributed by atoms with E-state index in [1.165, 1.54) is 56.9 Å². The number of benzene rings is 1. The Hall–Kier alpha value is -0.980. The lowest BCUT2D eigenvalue weighted by Gasteiger charge is -2.31. The number of unbranched alkanes of at least 4 members (excludes halogenated alkanes) is 1. The van der Waals surface area contributed by atoms with Crippen molar-refractivity contribution in [3.63, 3.8) is 0 Å². The molecule has 19 heavy (non-hydrogen) atoms. The maximum Gasteiger partial charge on any atom is 0.118 e. The van der Waals surface area contributed by atoms with Gasteiger partial charge in [-0.15, -0.1) is 0 Å². The highest BCUT2D eigenvalue weighted by Crippen LogP contribution is 2.39. The molecule has 106 valence electrons. The molecular weight excluding hydrogens is 232 g/mol. The van der Waals surface area contributed by atoms with Crippen LogP contribution in [0.4, 0.5) is 0 Å². The van der Waals surface area contributed by atoms with Crippen LogP contribution in [0.25, 0.3) is 0 Å². The molecule has 0 heterocycles. The van der Waals surface area contributed by atoms with Crippen LogP contribution >= 0.6 is 0 Å². The van der Waals surface area contributed by atoms with E-state index in [4.69, 9.17) is 4.74 Å². The van der Waals surface area contributed by atoms with Gasteiger partial charge in [0.2, 0.25) is 0 Å². The van der Waals surface area contributed by atoms with Crippen molar-refractivity contribution < 1.29 is 4.74 Å². The van der Waals surface area contributed by atoms with Gasteiger partial charge in [-0.1, -0.05) is 51.2 Å². The minimum atomic E-state index is 0.770. The maximum absolute atomic E-state index is 5.28. The van der Waals surface area contributed by atoms with Crippen LogP contribution in [-0.4, -0.2) is 7.11 Å². The predicted octanol–water partition coefficient (Wildman–Crippen LogP) is 5.55. The number of methoxy groups -OCH3 is 1. The van der Waals surface area contributed by atoms with Crippen LogP contribution in [0, 0.1) is 5.92 Å². The fourth-order valence-corrected chi connectivity index (χ4v) is 3.49. The van der Waals surface area contributed by atoms with Crippen molar-refractivity contribution in [3.05, 3.63) is 29.8 Å². The van der Waals surface area contributed by atoms with Gasteiger partial charge >= 0.3 is 0 Å². The smallest absolute Gasteiger partial charge is 0.118 e. The lowest BCUT2D eigenvalue weighted by molar-refractivity contribution is 0.290. The van der Waals surface area contributed by atoms with Gasteiger partial charge in [0.1, 0.15) is 5.75 Å². The van der Waals surface area contributed by atoms with Crippen molar-refractivity contribution in [2.45, 2.75) is 64.2 Å². The van der Waals surface area contributed by atoms with Crippen LogP contribution in [0.5, 0.6) is 5.75 Å². The molecule has 1 nitrogen and oxygen atoms in total. The van der Waals surface area contributed by atoms with Crippen molar-refractivity contribution >= 4 is 0 Å². The van der Waals surface area contributed by atoms with Gasteiger partial charge in [-0.25, -0.2) is 0 Å². The normalized spacial score (nSPS) is 18.2. The molecule has 1 saturated carbocycles. The zero-order valence-electron chi connectivity index (χ0n) is 12.5. The molecule has 1 fully saturated rings. The third kappa shape index (κ3) is 3.99. The standard InChI is InChI=1S/C18H28O/c1-3-4-10-18(15-8-6-5-7-9-15)16-11-13-17(19-2)14-12-16/h11-15,18H,3-10H2,1-2H3. The van der Waals surface area contributed by atoms with E-state index < -0.39 is 0 Å². The molecule has 0 radical (unpaired) electrons. The average Bonchev–Trinajstić information content (AvgIpc) is 2.49. The third-order valence-electron chi connectivity index (χ3n) is 4.63. The van der Waals surface area contributed by atoms with Gasteiger partial charge in [-0.05, 0) is 48.8 Å². The van der Waals surface area contributed by atoms with Crippen molar-refractivity contribution in [2.24, 2.45) is 5.92 Å². The van der Waals surface area contributed by atoms with Gasteiger partial charge in [0, 0.05) is 0 Å². The van der Waals surface area contributed by atoms with E-state index in [1.54, 1.807) is 7.11 Å². The van der Waals surface area contributed by atoms with Gasteiger partial charge in [0.15, 0.2) is 0 Å². The molecule has 0 bridgehead atoms. The topological polar surface area (TPSA) is 9.23 Å². The Balaban J connectivity index is 2.10. The van der Waals surface area contributed by atoms with Crippen LogP contribution < -0.4 is 4.74 Å². The first-order valence-electron chi connectivity index (χ1n) is 7.99. The highest BCUT2D eigenvalue weighted by atomic mass is 16.5. The number of hydrogen-bond donors (Lipinski definition) is 0. The minimum Gasteiger partial charge on any atom is -0.497 e. The second-order valence-electron chi connectivity index (χ2n) is 5.92. The summed E-state index contributed by atoms with van der Waals surface area (Å²) in [5.41, 5.74) is 1.53. The van der Waals surface area contributed by atoms with E-state index in [1.807, 2.05) is 0 Å². The van der Waals surface area contributed by atoms with E-state index in [0.29, 0.717) is 0 Å². The molecule has 1 unspecified atom stereocenters. The SMILES string of the molecule is CCCCC(c1ccc(OC)cc1)C1CCCCC1. The molecule has 1 heteroatoms. The predicted molar refractivity (Wildman–Crippen MR) is 81.8 cm³/mol. The Morgan fingerprint density at radius 3 is 2.37 bits per heavy atom. The zero-order chi connectivity index (χ0) is 13.5. The molecular formula is C18H28O. The van der Waals surface area contributed by atoms with Gasteiger partial charge in [-0.2, -0.15) is 0 Å². The third-order valence-corrected chi connectivity index (χ3v) is 4.63. The Morgan fingerprint density at radius 2 is 1.79 bits per heavy atom. The van der Waals surface area contributed by atoms with E-state index in [-0.39, 0.29) is 0 Å². The Kier molecular flexibility index (Phi) is 5.75. The number of rotatable bonds is 6. The molecule has 0 aromatic heterocycles. The van der Waals surface area contributed by atoms with Gasteiger partial charge in [0.05, 0.1) is 7.11 Å². The van der Waals surface area contributed by atoms with E-state index in [0.717, 1.165) is 17.6 Å². The summed E-state index contributed by atoms with van der Waals surface area (Å²) in [5, 5.41) is 0. The molecule has 2 rings (SSSR count). The molecule has 0 N–H and O–H groups in total. The monoisotopic (exact) mass is 260 g/mol. The quantitative estimate of drug-likeness (QED) is 0.651. The first kappa shape index (κ1) is 14.4. The molecule has 1 aromatic rings. The van der Waals surface area contributed by atoms with Crippen LogP contribution in [0.1, 0.15) is 69.8 Å². The molecule has 1 aromatic carbocycles. The largest absolute Gasteiger partial charge is 0.497 e. The second-order valence-corrected chi connectivity index (χ2v) is 5.92. The summed E-state index contributed by atoms with van der Waals surface area (Å²) < 4.78 is 5.28. The second kappa shape index (κ2) is 7.57. The lowest BCUT2D eigenvalue weighted by atomic mass is 9.75. The summed E-state index contributed by atoms with van der Waals surface area (Å²) >= 11 is 0. The van der Waals surface area contributed by atoms with Crippen LogP contribution in [0.3, 0.4) is 0 Å². The summed E-state index contributed by atoms with van der Waals surface area (Å²) in [6, 6.07) is 8.82. The first-order valence-corrected chi connectivity index (χ1v) is 7.99. The summed E-state index contributed by atoms with van der Waals surface area (Å²) in [4.78, 5) is 0. The molecule has 0 aliphatic heterocycles. The minimum absolute atomic E-state index is 0.770. The van der Waals surface area contributed by atoms with E-state index >= 15 is 0 Å². The van der Waals surface area contributed by atoms with Crippen molar-refractivity contribution in [1.29, 1.82) is 0 Å². The fourth-order valence-electron chi connectivity index (χ4n) is 3.49. The van der Waals surface area contributed by atoms with E-state index in [9.17, 15) is 0 Å². The fraction of sp³-hybridized carbons (Fsp3) is 0.667. The van der Waals surface area contributed by atoms with Crippen LogP contribution in [0.2, 0.25) is 0 Å². The average molecular weight is 260 g/mol. The molecule has 0 saturated heterocycles. The lowest BCUT2D eigenvalue weighted by Crippen LogP contribution is -2.16. The highest BCUT2D eigenvalue weighted by molar-refractivity contribution is 5.29. The van der Waals surface area contributed by atoms with Gasteiger partial charge < -0.3 is 4.74 Å². The Labute approximate surface area is 118 Å². The molecule has 0 amide bonds. The van der Waals surface area contributed by atoms with Crippen LogP contribution in [-0.2, 0) is 0 Å². The zero-order valence-corrected chi connectivity index (χ0v) is 12.5. The molecule has 1 atom stereocenters. The summed E-state index contributed by atoms with van der Waals surface area (Å²) in [5.74, 6) is 2.65. The van der Waals surface area contributed by atoms with Crippen molar-refractivity contribution in [3.8, 4) is 5.75 Å².